The van der Waals surface area contributed by atoms with Crippen molar-refractivity contribution in [3.63, 3.8) is 0 Å². The Balaban J connectivity index is 2.55. The van der Waals surface area contributed by atoms with Gasteiger partial charge in [0.25, 0.3) is 0 Å². The first-order valence-electron chi connectivity index (χ1n) is 6.54. The second kappa shape index (κ2) is 7.31. The van der Waals surface area contributed by atoms with Gasteiger partial charge in [-0.3, -0.25) is 0 Å². The van der Waals surface area contributed by atoms with Crippen LogP contribution < -0.4 is 4.74 Å². The highest BCUT2D eigenvalue weighted by atomic mass is 32.2. The van der Waals surface area contributed by atoms with Gasteiger partial charge < -0.3 is 14.5 Å². The predicted octanol–water partition coefficient (Wildman–Crippen LogP) is 0.948. The third-order valence-corrected chi connectivity index (χ3v) is 3.79. The van der Waals surface area contributed by atoms with Crippen LogP contribution in [-0.4, -0.2) is 71.8 Å². The molecule has 0 saturated heterocycles. The number of ether oxygens (including phenoxy) is 1. The van der Waals surface area contributed by atoms with Crippen molar-refractivity contribution >= 4 is 15.8 Å². The maximum atomic E-state index is 11.3. The molecule has 0 aliphatic heterocycles. The molecular formula is C14H23N3O3S. The maximum absolute atomic E-state index is 11.3. The molecule has 1 rings (SSSR count). The number of sulfone groups is 1. The summed E-state index contributed by atoms with van der Waals surface area (Å²) in [6.07, 6.45) is 1.18. The largest absolute Gasteiger partial charge is 0.492 e. The van der Waals surface area contributed by atoms with E-state index in [2.05, 4.69) is 4.99 Å². The number of aliphatic imine (C=N–C) groups is 1. The van der Waals surface area contributed by atoms with Crippen LogP contribution in [0.2, 0.25) is 0 Å². The van der Waals surface area contributed by atoms with Crippen LogP contribution in [0.4, 0.5) is 0 Å². The molecule has 0 radical (unpaired) electrons. The Bertz CT molecular complexity index is 568. The van der Waals surface area contributed by atoms with Crippen molar-refractivity contribution in [3.8, 4) is 5.75 Å². The highest BCUT2D eigenvalue weighted by Gasteiger charge is 2.06. The molecule has 0 N–H and O–H groups in total. The zero-order chi connectivity index (χ0) is 16.0. The minimum Gasteiger partial charge on any atom is -0.492 e. The Morgan fingerprint density at radius 3 is 2.05 bits per heavy atom. The number of hydrogen-bond donors (Lipinski definition) is 0. The van der Waals surface area contributed by atoms with E-state index in [-0.39, 0.29) is 4.90 Å². The van der Waals surface area contributed by atoms with Crippen molar-refractivity contribution in [2.75, 3.05) is 47.6 Å². The Labute approximate surface area is 127 Å². The number of benzene rings is 1. The molecule has 0 saturated carbocycles. The minimum absolute atomic E-state index is 0.287. The molecule has 21 heavy (non-hydrogen) atoms. The monoisotopic (exact) mass is 313 g/mol. The lowest BCUT2D eigenvalue weighted by Crippen LogP contribution is -2.35. The van der Waals surface area contributed by atoms with E-state index >= 15 is 0 Å². The standard InChI is InChI=1S/C14H23N3O3S/c1-16(2)14(17(3)4)15-10-11-20-12-6-8-13(9-7-12)21(5,18)19/h6-9H,10-11H2,1-5H3. The molecule has 0 fully saturated rings. The summed E-state index contributed by atoms with van der Waals surface area (Å²) in [7, 11) is 4.57. The second-order valence-electron chi connectivity index (χ2n) is 5.06. The van der Waals surface area contributed by atoms with E-state index in [1.807, 2.05) is 38.0 Å². The van der Waals surface area contributed by atoms with Gasteiger partial charge in [-0.1, -0.05) is 0 Å². The third kappa shape index (κ3) is 5.63. The zero-order valence-electron chi connectivity index (χ0n) is 13.2. The molecule has 0 amide bonds. The third-order valence-electron chi connectivity index (χ3n) is 2.67. The van der Waals surface area contributed by atoms with Crippen LogP contribution in [0.15, 0.2) is 34.2 Å². The van der Waals surface area contributed by atoms with Gasteiger partial charge in [0.15, 0.2) is 15.8 Å². The first-order chi connectivity index (χ1) is 9.71. The molecule has 6 nitrogen and oxygen atoms in total. The molecule has 0 aliphatic carbocycles. The number of guanidine groups is 1. The van der Waals surface area contributed by atoms with E-state index in [1.54, 1.807) is 24.3 Å². The Hall–Kier alpha value is -1.76. The Morgan fingerprint density at radius 2 is 1.62 bits per heavy atom. The van der Waals surface area contributed by atoms with Crippen LogP contribution >= 0.6 is 0 Å². The van der Waals surface area contributed by atoms with E-state index in [0.717, 1.165) is 5.96 Å². The average molecular weight is 313 g/mol. The first kappa shape index (κ1) is 17.3. The first-order valence-corrected chi connectivity index (χ1v) is 8.43. The van der Waals surface area contributed by atoms with Gasteiger partial charge in [0.1, 0.15) is 12.4 Å². The fourth-order valence-electron chi connectivity index (χ4n) is 1.78. The molecule has 0 aliphatic rings. The second-order valence-corrected chi connectivity index (χ2v) is 7.08. The summed E-state index contributed by atoms with van der Waals surface area (Å²) < 4.78 is 28.2. The van der Waals surface area contributed by atoms with Gasteiger partial charge in [0, 0.05) is 34.4 Å². The summed E-state index contributed by atoms with van der Waals surface area (Å²) in [5, 5.41) is 0. The summed E-state index contributed by atoms with van der Waals surface area (Å²) in [4.78, 5) is 8.59. The topological polar surface area (TPSA) is 62.2 Å². The van der Waals surface area contributed by atoms with Crippen LogP contribution in [0, 0.1) is 0 Å². The van der Waals surface area contributed by atoms with Crippen molar-refractivity contribution < 1.29 is 13.2 Å². The number of hydrogen-bond acceptors (Lipinski definition) is 4. The average Bonchev–Trinajstić information content (AvgIpc) is 2.37. The van der Waals surface area contributed by atoms with E-state index < -0.39 is 9.84 Å². The molecule has 0 bridgehead atoms. The van der Waals surface area contributed by atoms with Crippen LogP contribution in [0.3, 0.4) is 0 Å². The Morgan fingerprint density at radius 1 is 1.10 bits per heavy atom. The van der Waals surface area contributed by atoms with Crippen molar-refractivity contribution in [1.29, 1.82) is 0 Å². The van der Waals surface area contributed by atoms with Crippen molar-refractivity contribution in [3.05, 3.63) is 24.3 Å². The zero-order valence-corrected chi connectivity index (χ0v) is 14.0. The lowest BCUT2D eigenvalue weighted by Gasteiger charge is -2.22. The van der Waals surface area contributed by atoms with E-state index in [4.69, 9.17) is 4.74 Å². The predicted molar refractivity (Wildman–Crippen MR) is 84.7 cm³/mol. The Kier molecular flexibility index (Phi) is 6.02. The number of nitrogens with zero attached hydrogens (tertiary/aromatic N) is 3. The van der Waals surface area contributed by atoms with Gasteiger partial charge in [-0.2, -0.15) is 0 Å². The molecule has 0 heterocycles. The van der Waals surface area contributed by atoms with E-state index in [9.17, 15) is 8.42 Å². The van der Waals surface area contributed by atoms with E-state index in [1.165, 1.54) is 6.26 Å². The lowest BCUT2D eigenvalue weighted by molar-refractivity contribution is 0.326. The van der Waals surface area contributed by atoms with Crippen LogP contribution in [0.25, 0.3) is 0 Å². The number of rotatable bonds is 5. The summed E-state index contributed by atoms with van der Waals surface area (Å²) in [6, 6.07) is 6.38. The van der Waals surface area contributed by atoms with Crippen molar-refractivity contribution in [2.24, 2.45) is 4.99 Å². The minimum atomic E-state index is -3.16. The van der Waals surface area contributed by atoms with Gasteiger partial charge in [-0.05, 0) is 24.3 Å². The van der Waals surface area contributed by atoms with Crippen molar-refractivity contribution in [1.82, 2.24) is 9.80 Å². The lowest BCUT2D eigenvalue weighted by atomic mass is 10.3. The fourth-order valence-corrected chi connectivity index (χ4v) is 2.41. The molecular weight excluding hydrogens is 290 g/mol. The quantitative estimate of drug-likeness (QED) is 0.460. The normalized spacial score (nSPS) is 10.9. The smallest absolute Gasteiger partial charge is 0.195 e. The fraction of sp³-hybridized carbons (Fsp3) is 0.500. The highest BCUT2D eigenvalue weighted by molar-refractivity contribution is 7.90. The van der Waals surface area contributed by atoms with Crippen LogP contribution in [0.5, 0.6) is 5.75 Å². The van der Waals surface area contributed by atoms with Crippen LogP contribution in [0.1, 0.15) is 0 Å². The summed E-state index contributed by atoms with van der Waals surface area (Å²) in [6.45, 7) is 0.961. The summed E-state index contributed by atoms with van der Waals surface area (Å²) in [5.41, 5.74) is 0. The van der Waals surface area contributed by atoms with Gasteiger partial charge in [0.2, 0.25) is 0 Å². The SMILES string of the molecule is CN(C)C(=NCCOc1ccc(S(C)(=O)=O)cc1)N(C)C. The van der Waals surface area contributed by atoms with Gasteiger partial charge in [0.05, 0.1) is 11.4 Å². The maximum Gasteiger partial charge on any atom is 0.195 e. The molecule has 0 spiro atoms. The molecule has 0 aromatic heterocycles. The van der Waals surface area contributed by atoms with Gasteiger partial charge in [-0.25, -0.2) is 13.4 Å². The molecule has 118 valence electrons. The van der Waals surface area contributed by atoms with Gasteiger partial charge >= 0.3 is 0 Å². The highest BCUT2D eigenvalue weighted by Crippen LogP contribution is 2.15. The van der Waals surface area contributed by atoms with E-state index in [0.29, 0.717) is 18.9 Å². The molecule has 0 unspecified atom stereocenters. The summed E-state index contributed by atoms with van der Waals surface area (Å²) >= 11 is 0. The van der Waals surface area contributed by atoms with Crippen LogP contribution in [-0.2, 0) is 9.84 Å². The van der Waals surface area contributed by atoms with Gasteiger partial charge in [-0.15, -0.1) is 0 Å². The van der Waals surface area contributed by atoms with Crippen molar-refractivity contribution in [2.45, 2.75) is 4.90 Å². The molecule has 1 aromatic rings. The molecule has 1 aromatic carbocycles. The molecule has 7 heteroatoms. The molecule has 0 atom stereocenters. The summed E-state index contributed by atoms with van der Waals surface area (Å²) in [5.74, 6) is 1.50.